The van der Waals surface area contributed by atoms with Crippen molar-refractivity contribution in [2.75, 3.05) is 13.1 Å². The lowest BCUT2D eigenvalue weighted by atomic mass is 9.88. The highest BCUT2D eigenvalue weighted by atomic mass is 35.5. The summed E-state index contributed by atoms with van der Waals surface area (Å²) in [6, 6.07) is 6.32. The number of aromatic amines is 1. The maximum absolute atomic E-state index is 15.0. The number of likely N-dealkylation sites (tertiary alicyclic amines) is 1. The third-order valence-electron chi connectivity index (χ3n) is 6.97. The predicted molar refractivity (Wildman–Crippen MR) is 137 cm³/mol. The number of nitrogens with one attached hydrogen (secondary N) is 2. The van der Waals surface area contributed by atoms with Gasteiger partial charge < -0.3 is 4.90 Å². The van der Waals surface area contributed by atoms with E-state index in [0.29, 0.717) is 29.2 Å². The molecule has 1 amide bonds. The number of aryl methyl sites for hydroxylation is 1. The van der Waals surface area contributed by atoms with Gasteiger partial charge in [0, 0.05) is 24.0 Å². The third-order valence-corrected chi connectivity index (χ3v) is 8.75. The normalized spacial score (nSPS) is 16.0. The Hall–Kier alpha value is -2.89. The molecular formula is C25H30ClFN6O3S. The number of halogens is 2. The van der Waals surface area contributed by atoms with Crippen LogP contribution in [0.15, 0.2) is 35.2 Å². The SMILES string of the molecule is Cc1ccc(F)c(C(C)C(NS(=O)(=O)c2ccc(Cl)cc2CC(=O)N2CCCCC2)c2nn[nH]n2)c1C. The fourth-order valence-corrected chi connectivity index (χ4v) is 6.50. The van der Waals surface area contributed by atoms with Crippen LogP contribution in [0, 0.1) is 19.7 Å². The Kier molecular flexibility index (Phi) is 8.25. The lowest BCUT2D eigenvalue weighted by Crippen LogP contribution is -2.37. The van der Waals surface area contributed by atoms with Crippen LogP contribution in [-0.2, 0) is 21.2 Å². The summed E-state index contributed by atoms with van der Waals surface area (Å²) >= 11 is 6.19. The quantitative estimate of drug-likeness (QED) is 0.439. The first-order chi connectivity index (χ1) is 17.6. The predicted octanol–water partition coefficient (Wildman–Crippen LogP) is 3.99. The van der Waals surface area contributed by atoms with Gasteiger partial charge in [-0.1, -0.05) is 29.8 Å². The molecule has 0 aliphatic carbocycles. The number of benzene rings is 2. The van der Waals surface area contributed by atoms with Crippen LogP contribution >= 0.6 is 11.6 Å². The van der Waals surface area contributed by atoms with Gasteiger partial charge in [0.15, 0.2) is 5.82 Å². The lowest BCUT2D eigenvalue weighted by molar-refractivity contribution is -0.131. The van der Waals surface area contributed by atoms with Gasteiger partial charge in [0.25, 0.3) is 0 Å². The van der Waals surface area contributed by atoms with Crippen molar-refractivity contribution in [1.29, 1.82) is 0 Å². The van der Waals surface area contributed by atoms with Crippen LogP contribution < -0.4 is 4.72 Å². The van der Waals surface area contributed by atoms with E-state index >= 15 is 0 Å². The van der Waals surface area contributed by atoms with E-state index in [-0.39, 0.29) is 28.6 Å². The van der Waals surface area contributed by atoms with Crippen molar-refractivity contribution >= 4 is 27.5 Å². The molecule has 1 aromatic heterocycles. The molecule has 3 aromatic rings. The molecule has 2 atom stereocenters. The summed E-state index contributed by atoms with van der Waals surface area (Å²) in [5.74, 6) is -1.23. The molecule has 9 nitrogen and oxygen atoms in total. The molecule has 2 unspecified atom stereocenters. The molecule has 2 aromatic carbocycles. The van der Waals surface area contributed by atoms with E-state index in [4.69, 9.17) is 11.6 Å². The van der Waals surface area contributed by atoms with E-state index in [9.17, 15) is 17.6 Å². The highest BCUT2D eigenvalue weighted by Crippen LogP contribution is 2.35. The Labute approximate surface area is 220 Å². The highest BCUT2D eigenvalue weighted by Gasteiger charge is 2.34. The van der Waals surface area contributed by atoms with Gasteiger partial charge in [-0.3, -0.25) is 4.79 Å². The number of rotatable bonds is 8. The van der Waals surface area contributed by atoms with Gasteiger partial charge in [0.2, 0.25) is 15.9 Å². The Morgan fingerprint density at radius 3 is 2.59 bits per heavy atom. The first-order valence-corrected chi connectivity index (χ1v) is 14.0. The average Bonchev–Trinajstić information content (AvgIpc) is 3.40. The average molecular weight is 549 g/mol. The molecule has 1 aliphatic heterocycles. The number of H-pyrrole nitrogens is 1. The van der Waals surface area contributed by atoms with Gasteiger partial charge in [-0.15, -0.1) is 10.2 Å². The Morgan fingerprint density at radius 1 is 1.19 bits per heavy atom. The second-order valence-electron chi connectivity index (χ2n) is 9.43. The maximum Gasteiger partial charge on any atom is 0.241 e. The number of carbonyl (C=O) groups is 1. The van der Waals surface area contributed by atoms with Crippen molar-refractivity contribution in [2.45, 2.75) is 63.3 Å². The summed E-state index contributed by atoms with van der Waals surface area (Å²) in [7, 11) is -4.22. The summed E-state index contributed by atoms with van der Waals surface area (Å²) in [6.07, 6.45) is 2.81. The minimum absolute atomic E-state index is 0.0660. The number of amides is 1. The molecule has 0 radical (unpaired) electrons. The molecule has 2 heterocycles. The van der Waals surface area contributed by atoms with Crippen LogP contribution in [0.5, 0.6) is 0 Å². The lowest BCUT2D eigenvalue weighted by Gasteiger charge is -2.27. The molecule has 37 heavy (non-hydrogen) atoms. The van der Waals surface area contributed by atoms with E-state index in [2.05, 4.69) is 25.3 Å². The molecule has 0 spiro atoms. The first kappa shape index (κ1) is 27.2. The van der Waals surface area contributed by atoms with Gasteiger partial charge in [-0.05, 0) is 79.6 Å². The van der Waals surface area contributed by atoms with E-state index in [1.807, 2.05) is 6.92 Å². The summed E-state index contributed by atoms with van der Waals surface area (Å²) in [6.45, 7) is 6.65. The third kappa shape index (κ3) is 6.00. The number of tetrazole rings is 1. The monoisotopic (exact) mass is 548 g/mol. The molecule has 198 valence electrons. The number of aromatic nitrogens is 4. The fraction of sp³-hybridized carbons (Fsp3) is 0.440. The first-order valence-electron chi connectivity index (χ1n) is 12.2. The Bertz CT molecular complexity index is 1380. The van der Waals surface area contributed by atoms with Crippen molar-refractivity contribution in [1.82, 2.24) is 30.2 Å². The van der Waals surface area contributed by atoms with Gasteiger partial charge in [-0.2, -0.15) is 9.94 Å². The molecule has 1 aliphatic rings. The zero-order valence-electron chi connectivity index (χ0n) is 21.0. The molecule has 12 heteroatoms. The topological polar surface area (TPSA) is 121 Å². The van der Waals surface area contributed by atoms with Crippen LogP contribution in [0.4, 0.5) is 4.39 Å². The van der Waals surface area contributed by atoms with Crippen LogP contribution in [0.3, 0.4) is 0 Å². The molecule has 4 rings (SSSR count). The molecule has 1 saturated heterocycles. The van der Waals surface area contributed by atoms with Gasteiger partial charge in [0.05, 0.1) is 17.4 Å². The standard InChI is InChI=1S/C25H30ClFN6O3S/c1-15-7-9-20(27)23(16(15)2)17(3)24(25-28-31-32-29-25)30-37(35,36)21-10-8-19(26)13-18(21)14-22(34)33-11-5-4-6-12-33/h7-10,13,17,24,30H,4-6,11-12,14H2,1-3H3,(H,28,29,31,32). The van der Waals surface area contributed by atoms with Crippen LogP contribution in [0.1, 0.15) is 66.2 Å². The second kappa shape index (κ2) is 11.2. The zero-order chi connectivity index (χ0) is 26.7. The molecule has 2 N–H and O–H groups in total. The minimum Gasteiger partial charge on any atom is -0.342 e. The number of piperidine rings is 1. The second-order valence-corrected chi connectivity index (χ2v) is 11.5. The van der Waals surface area contributed by atoms with E-state index < -0.39 is 27.8 Å². The van der Waals surface area contributed by atoms with Crippen molar-refractivity contribution in [3.8, 4) is 0 Å². The maximum atomic E-state index is 15.0. The van der Waals surface area contributed by atoms with E-state index in [1.165, 1.54) is 24.3 Å². The zero-order valence-corrected chi connectivity index (χ0v) is 22.5. The molecular weight excluding hydrogens is 519 g/mol. The van der Waals surface area contributed by atoms with Crippen LogP contribution in [0.2, 0.25) is 5.02 Å². The number of nitrogens with zero attached hydrogens (tertiary/aromatic N) is 4. The van der Waals surface area contributed by atoms with Gasteiger partial charge >= 0.3 is 0 Å². The molecule has 0 bridgehead atoms. The summed E-state index contributed by atoms with van der Waals surface area (Å²) in [4.78, 5) is 14.6. The number of hydrogen-bond donors (Lipinski definition) is 2. The van der Waals surface area contributed by atoms with Crippen molar-refractivity contribution < 1.29 is 17.6 Å². The highest BCUT2D eigenvalue weighted by molar-refractivity contribution is 7.89. The number of sulfonamides is 1. The molecule has 0 saturated carbocycles. The summed E-state index contributed by atoms with van der Waals surface area (Å²) in [5.41, 5.74) is 2.22. The van der Waals surface area contributed by atoms with Crippen LogP contribution in [0.25, 0.3) is 0 Å². The van der Waals surface area contributed by atoms with Crippen LogP contribution in [-0.4, -0.2) is 52.9 Å². The van der Waals surface area contributed by atoms with E-state index in [0.717, 1.165) is 24.8 Å². The minimum atomic E-state index is -4.22. The summed E-state index contributed by atoms with van der Waals surface area (Å²) in [5, 5.41) is 14.2. The largest absolute Gasteiger partial charge is 0.342 e. The van der Waals surface area contributed by atoms with Gasteiger partial charge in [-0.25, -0.2) is 12.8 Å². The van der Waals surface area contributed by atoms with E-state index in [1.54, 1.807) is 24.8 Å². The number of carbonyl (C=O) groups excluding carboxylic acids is 1. The fourth-order valence-electron chi connectivity index (χ4n) is 4.81. The Balaban J connectivity index is 1.69. The smallest absolute Gasteiger partial charge is 0.241 e. The van der Waals surface area contributed by atoms with Gasteiger partial charge in [0.1, 0.15) is 5.82 Å². The van der Waals surface area contributed by atoms with Crippen molar-refractivity contribution in [2.24, 2.45) is 0 Å². The van der Waals surface area contributed by atoms with Crippen molar-refractivity contribution in [3.05, 3.63) is 69.2 Å². The number of hydrogen-bond acceptors (Lipinski definition) is 6. The van der Waals surface area contributed by atoms with Crippen molar-refractivity contribution in [3.63, 3.8) is 0 Å². The Morgan fingerprint density at radius 2 is 1.92 bits per heavy atom. The summed E-state index contributed by atoms with van der Waals surface area (Å²) < 4.78 is 45.1. The molecule has 1 fully saturated rings.